The van der Waals surface area contributed by atoms with Gasteiger partial charge in [-0.1, -0.05) is 25.0 Å². The number of ether oxygens (including phenoxy) is 2. The number of likely N-dealkylation sites (tertiary alicyclic amines) is 1. The molecule has 0 unspecified atom stereocenters. The standard InChI is InChI=1S/C19H26N2O3/c22-19(21-11-14-5-1-2-6-15(14)12-21)20-17-7-3-4-8-18(17)24-16-9-10-23-13-16/h3-4,7-8,14-16H,1-2,5-6,9-13H2,(H,20,22)/t14-,15-,16+/m0/s1. The third-order valence-electron chi connectivity index (χ3n) is 5.57. The predicted molar refractivity (Wildman–Crippen MR) is 92.3 cm³/mol. The number of nitrogens with zero attached hydrogens (tertiary/aromatic N) is 1. The molecular formula is C19H26N2O3. The summed E-state index contributed by atoms with van der Waals surface area (Å²) in [5, 5.41) is 3.06. The zero-order valence-corrected chi connectivity index (χ0v) is 14.1. The van der Waals surface area contributed by atoms with Crippen molar-refractivity contribution in [1.82, 2.24) is 4.90 Å². The van der Waals surface area contributed by atoms with E-state index in [2.05, 4.69) is 5.32 Å². The van der Waals surface area contributed by atoms with Gasteiger partial charge in [0.25, 0.3) is 0 Å². The Morgan fingerprint density at radius 1 is 1.12 bits per heavy atom. The molecule has 5 heteroatoms. The van der Waals surface area contributed by atoms with E-state index in [1.54, 1.807) is 0 Å². The van der Waals surface area contributed by atoms with E-state index in [0.717, 1.165) is 37.6 Å². The zero-order chi connectivity index (χ0) is 16.4. The van der Waals surface area contributed by atoms with Gasteiger partial charge in [0.1, 0.15) is 11.9 Å². The number of rotatable bonds is 3. The molecule has 1 aliphatic carbocycles. The summed E-state index contributed by atoms with van der Waals surface area (Å²) in [7, 11) is 0. The molecule has 24 heavy (non-hydrogen) atoms. The van der Waals surface area contributed by atoms with Crippen LogP contribution in [0.5, 0.6) is 5.75 Å². The molecule has 4 rings (SSSR count). The van der Waals surface area contributed by atoms with Crippen molar-refractivity contribution in [3.05, 3.63) is 24.3 Å². The van der Waals surface area contributed by atoms with Crippen molar-refractivity contribution in [3.63, 3.8) is 0 Å². The molecular weight excluding hydrogens is 304 g/mol. The monoisotopic (exact) mass is 330 g/mol. The maximum atomic E-state index is 12.7. The first kappa shape index (κ1) is 15.8. The molecule has 0 bridgehead atoms. The second-order valence-corrected chi connectivity index (χ2v) is 7.24. The molecule has 2 saturated heterocycles. The Labute approximate surface area is 143 Å². The number of carbonyl (C=O) groups is 1. The van der Waals surface area contributed by atoms with Crippen LogP contribution in [-0.4, -0.2) is 43.3 Å². The SMILES string of the molecule is O=C(Nc1ccccc1O[C@@H]1CCOC1)N1C[C@@H]2CCCC[C@H]2C1. The number of anilines is 1. The molecule has 2 heterocycles. The molecule has 1 aromatic carbocycles. The Morgan fingerprint density at radius 3 is 2.58 bits per heavy atom. The lowest BCUT2D eigenvalue weighted by molar-refractivity contribution is 0.142. The van der Waals surface area contributed by atoms with Crippen molar-refractivity contribution in [2.75, 3.05) is 31.6 Å². The highest BCUT2D eigenvalue weighted by atomic mass is 16.5. The van der Waals surface area contributed by atoms with Gasteiger partial charge in [-0.2, -0.15) is 0 Å². The van der Waals surface area contributed by atoms with Crippen LogP contribution in [0.4, 0.5) is 10.5 Å². The van der Waals surface area contributed by atoms with E-state index in [1.165, 1.54) is 25.7 Å². The van der Waals surface area contributed by atoms with Crippen molar-refractivity contribution in [3.8, 4) is 5.75 Å². The van der Waals surface area contributed by atoms with Crippen LogP contribution in [-0.2, 0) is 4.74 Å². The summed E-state index contributed by atoms with van der Waals surface area (Å²) in [6.45, 7) is 3.17. The fourth-order valence-corrected chi connectivity index (χ4v) is 4.22. The van der Waals surface area contributed by atoms with Gasteiger partial charge >= 0.3 is 6.03 Å². The molecule has 3 atom stereocenters. The Bertz CT molecular complexity index is 572. The van der Waals surface area contributed by atoms with E-state index < -0.39 is 0 Å². The van der Waals surface area contributed by atoms with Gasteiger partial charge in [0, 0.05) is 19.5 Å². The van der Waals surface area contributed by atoms with Crippen molar-refractivity contribution >= 4 is 11.7 Å². The fraction of sp³-hybridized carbons (Fsp3) is 0.632. The predicted octanol–water partition coefficient (Wildman–Crippen LogP) is 3.51. The third-order valence-corrected chi connectivity index (χ3v) is 5.57. The largest absolute Gasteiger partial charge is 0.486 e. The van der Waals surface area contributed by atoms with Gasteiger partial charge in [-0.15, -0.1) is 0 Å². The van der Waals surface area contributed by atoms with E-state index in [-0.39, 0.29) is 12.1 Å². The minimum absolute atomic E-state index is 0.00289. The Balaban J connectivity index is 1.40. The summed E-state index contributed by atoms with van der Waals surface area (Å²) in [6, 6.07) is 7.69. The lowest BCUT2D eigenvalue weighted by Crippen LogP contribution is -2.33. The first-order chi connectivity index (χ1) is 11.8. The van der Waals surface area contributed by atoms with Crippen molar-refractivity contribution < 1.29 is 14.3 Å². The number of benzene rings is 1. The van der Waals surface area contributed by atoms with Crippen LogP contribution in [0.25, 0.3) is 0 Å². The van der Waals surface area contributed by atoms with Crippen LogP contribution in [0.15, 0.2) is 24.3 Å². The molecule has 130 valence electrons. The lowest BCUT2D eigenvalue weighted by atomic mass is 9.82. The smallest absolute Gasteiger partial charge is 0.321 e. The van der Waals surface area contributed by atoms with Gasteiger partial charge in [0.05, 0.1) is 18.9 Å². The first-order valence-electron chi connectivity index (χ1n) is 9.19. The van der Waals surface area contributed by atoms with Crippen LogP contribution in [0.2, 0.25) is 0 Å². The lowest BCUT2D eigenvalue weighted by Gasteiger charge is -2.22. The second kappa shape index (κ2) is 7.01. The van der Waals surface area contributed by atoms with Crippen LogP contribution >= 0.6 is 0 Å². The Hall–Kier alpha value is -1.75. The molecule has 1 N–H and O–H groups in total. The molecule has 0 radical (unpaired) electrons. The maximum Gasteiger partial charge on any atom is 0.321 e. The van der Waals surface area contributed by atoms with Crippen LogP contribution in [0, 0.1) is 11.8 Å². The number of amides is 2. The second-order valence-electron chi connectivity index (χ2n) is 7.24. The van der Waals surface area contributed by atoms with Crippen LogP contribution in [0.3, 0.4) is 0 Å². The number of fused-ring (bicyclic) bond motifs is 1. The molecule has 2 amide bonds. The van der Waals surface area contributed by atoms with E-state index >= 15 is 0 Å². The molecule has 3 fully saturated rings. The van der Waals surface area contributed by atoms with Gasteiger partial charge in [0.15, 0.2) is 0 Å². The normalized spacial score (nSPS) is 29.3. The minimum Gasteiger partial charge on any atom is -0.486 e. The molecule has 0 spiro atoms. The number of carbonyl (C=O) groups excluding carboxylic acids is 1. The van der Waals surface area contributed by atoms with Crippen molar-refractivity contribution in [2.24, 2.45) is 11.8 Å². The maximum absolute atomic E-state index is 12.7. The summed E-state index contributed by atoms with van der Waals surface area (Å²) in [6.07, 6.45) is 6.16. The zero-order valence-electron chi connectivity index (χ0n) is 14.1. The first-order valence-corrected chi connectivity index (χ1v) is 9.19. The van der Waals surface area contributed by atoms with Crippen molar-refractivity contribution in [1.29, 1.82) is 0 Å². The fourth-order valence-electron chi connectivity index (χ4n) is 4.22. The van der Waals surface area contributed by atoms with Gasteiger partial charge in [-0.3, -0.25) is 0 Å². The summed E-state index contributed by atoms with van der Waals surface area (Å²) >= 11 is 0. The quantitative estimate of drug-likeness (QED) is 0.923. The van der Waals surface area contributed by atoms with Gasteiger partial charge in [-0.05, 0) is 36.8 Å². The summed E-state index contributed by atoms with van der Waals surface area (Å²) in [5.41, 5.74) is 0.754. The summed E-state index contributed by atoms with van der Waals surface area (Å²) in [5.74, 6) is 2.14. The Kier molecular flexibility index (Phi) is 4.60. The van der Waals surface area contributed by atoms with Crippen molar-refractivity contribution in [2.45, 2.75) is 38.2 Å². The third kappa shape index (κ3) is 3.36. The molecule has 2 aliphatic heterocycles. The van der Waals surface area contributed by atoms with Crippen LogP contribution < -0.4 is 10.1 Å². The van der Waals surface area contributed by atoms with Gasteiger partial charge in [-0.25, -0.2) is 4.79 Å². The Morgan fingerprint density at radius 2 is 1.88 bits per heavy atom. The molecule has 1 aromatic rings. The summed E-state index contributed by atoms with van der Waals surface area (Å²) in [4.78, 5) is 14.7. The summed E-state index contributed by atoms with van der Waals surface area (Å²) < 4.78 is 11.4. The average Bonchev–Trinajstić information content (AvgIpc) is 3.25. The average molecular weight is 330 g/mol. The number of para-hydroxylation sites is 2. The number of hydrogen-bond acceptors (Lipinski definition) is 3. The van der Waals surface area contributed by atoms with E-state index in [0.29, 0.717) is 18.4 Å². The van der Waals surface area contributed by atoms with E-state index in [9.17, 15) is 4.79 Å². The molecule has 0 aromatic heterocycles. The molecule has 5 nitrogen and oxygen atoms in total. The molecule has 3 aliphatic rings. The number of nitrogens with one attached hydrogen (secondary N) is 1. The topological polar surface area (TPSA) is 50.8 Å². The minimum atomic E-state index is 0.00289. The highest BCUT2D eigenvalue weighted by Crippen LogP contribution is 2.36. The highest BCUT2D eigenvalue weighted by Gasteiger charge is 2.36. The van der Waals surface area contributed by atoms with E-state index in [4.69, 9.17) is 9.47 Å². The number of urea groups is 1. The molecule has 1 saturated carbocycles. The highest BCUT2D eigenvalue weighted by molar-refractivity contribution is 5.91. The van der Waals surface area contributed by atoms with Gasteiger partial charge < -0.3 is 19.7 Å². The van der Waals surface area contributed by atoms with Crippen LogP contribution in [0.1, 0.15) is 32.1 Å². The van der Waals surface area contributed by atoms with E-state index in [1.807, 2.05) is 29.2 Å². The number of hydrogen-bond donors (Lipinski definition) is 1. The van der Waals surface area contributed by atoms with Gasteiger partial charge in [0.2, 0.25) is 0 Å².